The zero-order chi connectivity index (χ0) is 6.85. The number of nitrogens with zero attached hydrogens (tertiary/aromatic N) is 1. The molecule has 0 spiro atoms. The van der Waals surface area contributed by atoms with E-state index in [2.05, 4.69) is 10.2 Å². The Morgan fingerprint density at radius 2 is 2.40 bits per heavy atom. The summed E-state index contributed by atoms with van der Waals surface area (Å²) in [5.74, 6) is -0.0995. The van der Waals surface area contributed by atoms with Crippen LogP contribution in [0.5, 0.6) is 0 Å². The number of halogens is 2. The summed E-state index contributed by atoms with van der Waals surface area (Å²) in [6, 6.07) is 0. The van der Waals surface area contributed by atoms with Crippen LogP contribution in [0, 0.1) is 5.41 Å². The van der Waals surface area contributed by atoms with E-state index in [-0.39, 0.29) is 18.2 Å². The van der Waals surface area contributed by atoms with E-state index >= 15 is 0 Å². The summed E-state index contributed by atoms with van der Waals surface area (Å²) in [5, 5.41) is 13.3. The number of nitrogens with two attached hydrogens (primary N) is 1. The monoisotopic (exact) mass is 180 g/mol. The van der Waals surface area contributed by atoms with Crippen molar-refractivity contribution < 1.29 is 0 Å². The summed E-state index contributed by atoms with van der Waals surface area (Å²) in [6.45, 7) is 0. The second kappa shape index (κ2) is 3.43. The van der Waals surface area contributed by atoms with Gasteiger partial charge in [-0.15, -0.1) is 12.4 Å². The molecule has 6 heteroatoms. The molecule has 56 valence electrons. The fourth-order valence-corrected chi connectivity index (χ4v) is 0.653. The highest BCUT2D eigenvalue weighted by Crippen LogP contribution is 2.09. The molecule has 0 amide bonds. The maximum atomic E-state index is 6.91. The Kier molecular flexibility index (Phi) is 3.18. The van der Waals surface area contributed by atoms with Crippen LogP contribution < -0.4 is 5.73 Å². The highest BCUT2D eigenvalue weighted by atomic mass is 35.5. The predicted molar refractivity (Wildman–Crippen MR) is 41.9 cm³/mol. The molecule has 0 aliphatic carbocycles. The minimum atomic E-state index is -0.0995. The van der Waals surface area contributed by atoms with Gasteiger partial charge in [0.05, 0.1) is 11.2 Å². The Morgan fingerprint density at radius 3 is 2.60 bits per heavy atom. The maximum Gasteiger partial charge on any atom is 0.142 e. The number of nitrogen functional groups attached to an aromatic ring is 1. The number of rotatable bonds is 1. The third kappa shape index (κ3) is 1.62. The van der Waals surface area contributed by atoms with Crippen LogP contribution in [0.2, 0.25) is 5.02 Å². The van der Waals surface area contributed by atoms with Crippen LogP contribution in [0.4, 0.5) is 0 Å². The molecule has 0 fully saturated rings. The molecule has 0 atom stereocenters. The van der Waals surface area contributed by atoms with Gasteiger partial charge in [0, 0.05) is 0 Å². The lowest BCUT2D eigenvalue weighted by atomic mass is 10.4. The lowest BCUT2D eigenvalue weighted by Crippen LogP contribution is -2.11. The van der Waals surface area contributed by atoms with Gasteiger partial charge in [0.25, 0.3) is 0 Å². The second-order valence-electron chi connectivity index (χ2n) is 1.51. The topological polar surface area (TPSA) is 78.5 Å². The molecule has 0 aliphatic heterocycles. The maximum absolute atomic E-state index is 6.91. The lowest BCUT2D eigenvalue weighted by Gasteiger charge is -1.89. The SMILES string of the molecule is Cl.N=C(N)c1[nH]ncc1Cl. The minimum absolute atomic E-state index is 0. The van der Waals surface area contributed by atoms with Gasteiger partial charge >= 0.3 is 0 Å². The number of aromatic nitrogens is 2. The van der Waals surface area contributed by atoms with E-state index in [4.69, 9.17) is 22.7 Å². The van der Waals surface area contributed by atoms with Gasteiger partial charge in [-0.25, -0.2) is 0 Å². The molecular formula is C4H6Cl2N4. The molecule has 1 aromatic rings. The molecule has 4 nitrogen and oxygen atoms in total. The fourth-order valence-electron chi connectivity index (χ4n) is 0.460. The molecule has 0 unspecified atom stereocenters. The molecule has 1 aromatic heterocycles. The standard InChI is InChI=1S/C4H5ClN4.ClH/c5-2-1-8-9-3(2)4(6)7;/h1H,(H3,6,7)(H,8,9);1H. The van der Waals surface area contributed by atoms with Crippen molar-refractivity contribution in [3.63, 3.8) is 0 Å². The molecule has 1 heterocycles. The van der Waals surface area contributed by atoms with Crippen LogP contribution in [-0.4, -0.2) is 16.0 Å². The highest BCUT2D eigenvalue weighted by Gasteiger charge is 2.02. The first-order valence-electron chi connectivity index (χ1n) is 2.25. The lowest BCUT2D eigenvalue weighted by molar-refractivity contribution is 1.07. The van der Waals surface area contributed by atoms with Crippen molar-refractivity contribution in [1.82, 2.24) is 10.2 Å². The number of H-pyrrole nitrogens is 1. The predicted octanol–water partition coefficient (Wildman–Crippen LogP) is 0.769. The van der Waals surface area contributed by atoms with Crippen molar-refractivity contribution in [2.24, 2.45) is 5.73 Å². The minimum Gasteiger partial charge on any atom is -0.382 e. The molecule has 4 N–H and O–H groups in total. The van der Waals surface area contributed by atoms with E-state index in [9.17, 15) is 0 Å². The van der Waals surface area contributed by atoms with Gasteiger partial charge in [0.2, 0.25) is 0 Å². The van der Waals surface area contributed by atoms with Gasteiger partial charge in [0.15, 0.2) is 0 Å². The van der Waals surface area contributed by atoms with Gasteiger partial charge in [-0.1, -0.05) is 11.6 Å². The van der Waals surface area contributed by atoms with Gasteiger partial charge in [-0.05, 0) is 0 Å². The van der Waals surface area contributed by atoms with Gasteiger partial charge in [0.1, 0.15) is 11.5 Å². The van der Waals surface area contributed by atoms with Crippen LogP contribution in [0.25, 0.3) is 0 Å². The summed E-state index contributed by atoms with van der Waals surface area (Å²) in [4.78, 5) is 0. The Labute approximate surface area is 68.7 Å². The quantitative estimate of drug-likeness (QED) is 0.441. The van der Waals surface area contributed by atoms with E-state index in [0.717, 1.165) is 0 Å². The Hall–Kier alpha value is -0.740. The van der Waals surface area contributed by atoms with Gasteiger partial charge in [-0.2, -0.15) is 5.10 Å². The zero-order valence-electron chi connectivity index (χ0n) is 4.89. The second-order valence-corrected chi connectivity index (χ2v) is 1.91. The molecular weight excluding hydrogens is 175 g/mol. The Balaban J connectivity index is 0.000000810. The van der Waals surface area contributed by atoms with Crippen molar-refractivity contribution in [2.75, 3.05) is 0 Å². The van der Waals surface area contributed by atoms with Crippen LogP contribution in [0.3, 0.4) is 0 Å². The van der Waals surface area contributed by atoms with E-state index < -0.39 is 0 Å². The first-order valence-corrected chi connectivity index (χ1v) is 2.63. The zero-order valence-corrected chi connectivity index (χ0v) is 6.46. The Morgan fingerprint density at radius 1 is 1.80 bits per heavy atom. The molecule has 0 radical (unpaired) electrons. The molecule has 0 saturated heterocycles. The molecule has 0 bridgehead atoms. The summed E-state index contributed by atoms with van der Waals surface area (Å²) >= 11 is 5.52. The van der Waals surface area contributed by atoms with E-state index in [1.165, 1.54) is 6.20 Å². The number of aromatic amines is 1. The molecule has 10 heavy (non-hydrogen) atoms. The summed E-state index contributed by atoms with van der Waals surface area (Å²) in [7, 11) is 0. The van der Waals surface area contributed by atoms with Crippen LogP contribution >= 0.6 is 24.0 Å². The molecule has 0 saturated carbocycles. The molecule has 0 aliphatic rings. The van der Waals surface area contributed by atoms with Crippen molar-refractivity contribution in [1.29, 1.82) is 5.41 Å². The number of amidine groups is 1. The van der Waals surface area contributed by atoms with E-state index in [1.54, 1.807) is 0 Å². The van der Waals surface area contributed by atoms with Gasteiger partial charge < -0.3 is 5.73 Å². The summed E-state index contributed by atoms with van der Waals surface area (Å²) < 4.78 is 0. The van der Waals surface area contributed by atoms with Crippen molar-refractivity contribution in [2.45, 2.75) is 0 Å². The Bertz CT molecular complexity index is 231. The number of hydrogen-bond donors (Lipinski definition) is 3. The van der Waals surface area contributed by atoms with E-state index in [0.29, 0.717) is 10.7 Å². The molecule has 0 aromatic carbocycles. The largest absolute Gasteiger partial charge is 0.382 e. The van der Waals surface area contributed by atoms with E-state index in [1.807, 2.05) is 0 Å². The van der Waals surface area contributed by atoms with Crippen LogP contribution in [-0.2, 0) is 0 Å². The fraction of sp³-hybridized carbons (Fsp3) is 0. The normalized spacial score (nSPS) is 8.50. The summed E-state index contributed by atoms with van der Waals surface area (Å²) in [6.07, 6.45) is 1.40. The third-order valence-corrected chi connectivity index (χ3v) is 1.15. The first kappa shape index (κ1) is 9.26. The number of hydrogen-bond acceptors (Lipinski definition) is 2. The average Bonchev–Trinajstić information content (AvgIpc) is 2.13. The van der Waals surface area contributed by atoms with Crippen molar-refractivity contribution >= 4 is 29.8 Å². The van der Waals surface area contributed by atoms with Gasteiger partial charge in [-0.3, -0.25) is 10.5 Å². The van der Waals surface area contributed by atoms with Crippen LogP contribution in [0.15, 0.2) is 6.20 Å². The van der Waals surface area contributed by atoms with Crippen molar-refractivity contribution in [3.8, 4) is 0 Å². The first-order chi connectivity index (χ1) is 4.22. The smallest absolute Gasteiger partial charge is 0.142 e. The van der Waals surface area contributed by atoms with Crippen LogP contribution in [0.1, 0.15) is 5.69 Å². The molecule has 1 rings (SSSR count). The third-order valence-electron chi connectivity index (χ3n) is 0.862. The number of nitrogens with one attached hydrogen (secondary N) is 2. The average molecular weight is 181 g/mol. The van der Waals surface area contributed by atoms with Crippen molar-refractivity contribution in [3.05, 3.63) is 16.9 Å². The highest BCUT2D eigenvalue weighted by molar-refractivity contribution is 6.33. The summed E-state index contributed by atoms with van der Waals surface area (Å²) in [5.41, 5.74) is 5.46.